The lowest BCUT2D eigenvalue weighted by Crippen LogP contribution is -2.45. The average molecular weight is 438 g/mol. The van der Waals surface area contributed by atoms with Gasteiger partial charge in [0.15, 0.2) is 11.6 Å². The molecule has 1 atom stereocenters. The van der Waals surface area contributed by atoms with Crippen LogP contribution in [0, 0.1) is 11.6 Å². The highest BCUT2D eigenvalue weighted by Crippen LogP contribution is 2.26. The van der Waals surface area contributed by atoms with Gasteiger partial charge >= 0.3 is 6.36 Å². The molecule has 29 heavy (non-hydrogen) atoms. The van der Waals surface area contributed by atoms with Crippen molar-refractivity contribution in [1.82, 2.24) is 0 Å². The molecule has 0 radical (unpaired) electrons. The van der Waals surface area contributed by atoms with E-state index in [-0.39, 0.29) is 11.4 Å². The summed E-state index contributed by atoms with van der Waals surface area (Å²) in [5.74, 6) is -3.86. The molecule has 0 fully saturated rings. The second-order valence-electron chi connectivity index (χ2n) is 5.89. The number of hydrogen-bond donors (Lipinski definition) is 1. The van der Waals surface area contributed by atoms with Crippen LogP contribution in [0.2, 0.25) is 0 Å². The minimum absolute atomic E-state index is 0.0649. The molecule has 1 amide bonds. The molecule has 12 heteroatoms. The highest BCUT2D eigenvalue weighted by atomic mass is 32.2. The first-order valence-corrected chi connectivity index (χ1v) is 9.74. The summed E-state index contributed by atoms with van der Waals surface area (Å²) in [5, 5.41) is 2.33. The lowest BCUT2D eigenvalue weighted by molar-refractivity contribution is -0.274. The summed E-state index contributed by atoms with van der Waals surface area (Å²) in [6.07, 6.45) is -4.10. The van der Waals surface area contributed by atoms with Gasteiger partial charge in [0.1, 0.15) is 11.8 Å². The molecule has 0 unspecified atom stereocenters. The van der Waals surface area contributed by atoms with Gasteiger partial charge in [-0.05, 0) is 43.3 Å². The van der Waals surface area contributed by atoms with Gasteiger partial charge in [-0.25, -0.2) is 17.2 Å². The van der Waals surface area contributed by atoms with Crippen LogP contribution in [0.5, 0.6) is 5.75 Å². The maximum Gasteiger partial charge on any atom is 0.573 e. The molecule has 0 aliphatic heterocycles. The summed E-state index contributed by atoms with van der Waals surface area (Å²) in [5.41, 5.74) is -0.210. The topological polar surface area (TPSA) is 75.7 Å². The Labute approximate surface area is 162 Å². The quantitative estimate of drug-likeness (QED) is 0.699. The van der Waals surface area contributed by atoms with E-state index in [0.717, 1.165) is 36.6 Å². The molecule has 0 heterocycles. The van der Waals surface area contributed by atoms with Crippen molar-refractivity contribution in [2.75, 3.05) is 15.9 Å². The number of rotatable bonds is 6. The smallest absolute Gasteiger partial charge is 0.406 e. The molecule has 158 valence electrons. The van der Waals surface area contributed by atoms with Crippen LogP contribution in [0.1, 0.15) is 6.92 Å². The molecule has 1 N–H and O–H groups in total. The van der Waals surface area contributed by atoms with Crippen molar-refractivity contribution in [2.45, 2.75) is 19.3 Å². The first-order valence-electron chi connectivity index (χ1n) is 7.89. The van der Waals surface area contributed by atoms with E-state index in [0.29, 0.717) is 16.4 Å². The van der Waals surface area contributed by atoms with Gasteiger partial charge in [-0.2, -0.15) is 0 Å². The molecule has 0 saturated heterocycles. The number of ether oxygens (including phenoxy) is 1. The summed E-state index contributed by atoms with van der Waals surface area (Å²) in [6, 6.07) is 5.10. The fourth-order valence-corrected chi connectivity index (χ4v) is 3.58. The summed E-state index contributed by atoms with van der Waals surface area (Å²) in [7, 11) is -4.07. The highest BCUT2D eigenvalue weighted by molar-refractivity contribution is 7.92. The van der Waals surface area contributed by atoms with Gasteiger partial charge in [0.05, 0.1) is 11.9 Å². The van der Waals surface area contributed by atoms with E-state index >= 15 is 0 Å². The molecule has 0 aliphatic carbocycles. The summed E-state index contributed by atoms with van der Waals surface area (Å²) < 4.78 is 91.7. The fourth-order valence-electron chi connectivity index (χ4n) is 2.42. The van der Waals surface area contributed by atoms with Crippen molar-refractivity contribution in [3.05, 3.63) is 54.1 Å². The number of halogens is 5. The van der Waals surface area contributed by atoms with Gasteiger partial charge in [0.25, 0.3) is 0 Å². The lowest BCUT2D eigenvalue weighted by atomic mass is 10.2. The maximum atomic E-state index is 13.5. The van der Waals surface area contributed by atoms with E-state index in [1.54, 1.807) is 0 Å². The third-order valence-electron chi connectivity index (χ3n) is 3.60. The van der Waals surface area contributed by atoms with E-state index in [9.17, 15) is 35.2 Å². The van der Waals surface area contributed by atoms with Crippen LogP contribution in [-0.2, 0) is 14.8 Å². The number of carbonyl (C=O) groups is 1. The molecular weight excluding hydrogens is 423 g/mol. The highest BCUT2D eigenvalue weighted by Gasteiger charge is 2.31. The zero-order chi connectivity index (χ0) is 22.0. The zero-order valence-electron chi connectivity index (χ0n) is 15.0. The van der Waals surface area contributed by atoms with E-state index in [1.165, 1.54) is 6.92 Å². The molecule has 2 aromatic rings. The summed E-state index contributed by atoms with van der Waals surface area (Å²) in [4.78, 5) is 12.4. The van der Waals surface area contributed by atoms with Gasteiger partial charge in [0, 0.05) is 11.8 Å². The molecule has 0 aromatic heterocycles. The monoisotopic (exact) mass is 438 g/mol. The Morgan fingerprint density at radius 1 is 1.07 bits per heavy atom. The van der Waals surface area contributed by atoms with Crippen molar-refractivity contribution >= 4 is 27.3 Å². The second-order valence-corrected chi connectivity index (χ2v) is 7.75. The van der Waals surface area contributed by atoms with Crippen LogP contribution in [0.3, 0.4) is 0 Å². The van der Waals surface area contributed by atoms with Crippen molar-refractivity contribution in [3.8, 4) is 5.75 Å². The number of alkyl halides is 3. The van der Waals surface area contributed by atoms with Gasteiger partial charge in [-0.3, -0.25) is 9.10 Å². The van der Waals surface area contributed by atoms with E-state index in [2.05, 4.69) is 10.1 Å². The molecule has 0 saturated carbocycles. The number of hydrogen-bond acceptors (Lipinski definition) is 4. The minimum atomic E-state index is -4.88. The van der Waals surface area contributed by atoms with Crippen LogP contribution in [-0.4, -0.2) is 33.0 Å². The average Bonchev–Trinajstić information content (AvgIpc) is 2.57. The van der Waals surface area contributed by atoms with Crippen LogP contribution < -0.4 is 14.4 Å². The van der Waals surface area contributed by atoms with Crippen molar-refractivity contribution in [3.63, 3.8) is 0 Å². The number of amides is 1. The fraction of sp³-hybridized carbons (Fsp3) is 0.235. The standard InChI is InChI=1S/C17H15F5N2O4S/c1-10(24(29(2,26)27)12-5-8-14(18)15(19)9-12)16(25)23-11-3-6-13(7-4-11)28-17(20,21)22/h3-10H,1-2H3,(H,23,25)/t10-/m1/s1. The second kappa shape index (κ2) is 8.23. The molecule has 0 bridgehead atoms. The first kappa shape index (κ1) is 22.4. The number of sulfonamides is 1. The molecule has 0 spiro atoms. The number of carbonyl (C=O) groups excluding carboxylic acids is 1. The summed E-state index contributed by atoms with van der Waals surface area (Å²) >= 11 is 0. The predicted molar refractivity (Wildman–Crippen MR) is 94.9 cm³/mol. The Morgan fingerprint density at radius 3 is 2.14 bits per heavy atom. The number of benzene rings is 2. The summed E-state index contributed by atoms with van der Waals surface area (Å²) in [6.45, 7) is 1.21. The molecule has 0 aliphatic rings. The van der Waals surface area contributed by atoms with Crippen molar-refractivity contribution < 1.29 is 39.9 Å². The van der Waals surface area contributed by atoms with E-state index in [1.807, 2.05) is 0 Å². The van der Waals surface area contributed by atoms with Gasteiger partial charge < -0.3 is 10.1 Å². The van der Waals surface area contributed by atoms with Crippen molar-refractivity contribution in [2.24, 2.45) is 0 Å². The lowest BCUT2D eigenvalue weighted by Gasteiger charge is -2.28. The third-order valence-corrected chi connectivity index (χ3v) is 4.84. The molecule has 2 aromatic carbocycles. The van der Waals surface area contributed by atoms with Crippen LogP contribution >= 0.6 is 0 Å². The number of anilines is 2. The van der Waals surface area contributed by atoms with Gasteiger partial charge in [-0.1, -0.05) is 0 Å². The third kappa shape index (κ3) is 6.04. The van der Waals surface area contributed by atoms with Crippen LogP contribution in [0.25, 0.3) is 0 Å². The van der Waals surface area contributed by atoms with Crippen LogP contribution in [0.4, 0.5) is 33.3 Å². The van der Waals surface area contributed by atoms with Crippen molar-refractivity contribution in [1.29, 1.82) is 0 Å². The number of nitrogens with one attached hydrogen (secondary N) is 1. The largest absolute Gasteiger partial charge is 0.573 e. The Morgan fingerprint density at radius 2 is 1.66 bits per heavy atom. The Balaban J connectivity index is 2.22. The first-order chi connectivity index (χ1) is 13.3. The van der Waals surface area contributed by atoms with Crippen LogP contribution in [0.15, 0.2) is 42.5 Å². The number of nitrogens with zero attached hydrogens (tertiary/aromatic N) is 1. The predicted octanol–water partition coefficient (Wildman–Crippen LogP) is 3.66. The molecular formula is C17H15F5N2O4S. The zero-order valence-corrected chi connectivity index (χ0v) is 15.8. The SMILES string of the molecule is C[C@H](C(=O)Nc1ccc(OC(F)(F)F)cc1)N(c1ccc(F)c(F)c1)S(C)(=O)=O. The Kier molecular flexibility index (Phi) is 6.36. The van der Waals surface area contributed by atoms with Gasteiger partial charge in [-0.15, -0.1) is 13.2 Å². The minimum Gasteiger partial charge on any atom is -0.406 e. The Hall–Kier alpha value is -2.89. The van der Waals surface area contributed by atoms with E-state index in [4.69, 9.17) is 0 Å². The molecule has 6 nitrogen and oxygen atoms in total. The Bertz CT molecular complexity index is 994. The molecule has 2 rings (SSSR count). The van der Waals surface area contributed by atoms with E-state index < -0.39 is 45.7 Å². The normalized spacial score (nSPS) is 12.9. The maximum absolute atomic E-state index is 13.5. The van der Waals surface area contributed by atoms with Gasteiger partial charge in [0.2, 0.25) is 15.9 Å².